The smallest absolute Gasteiger partial charge is 0.328 e. The molecule has 0 aliphatic carbocycles. The van der Waals surface area contributed by atoms with Crippen LogP contribution in [-0.4, -0.2) is 34.4 Å². The molecule has 0 fully saturated rings. The van der Waals surface area contributed by atoms with Crippen LogP contribution in [0.15, 0.2) is 12.1 Å². The van der Waals surface area contributed by atoms with Gasteiger partial charge in [-0.1, -0.05) is 11.6 Å². The number of hydrogen-bond acceptors (Lipinski definition) is 4. The molecule has 1 heterocycles. The van der Waals surface area contributed by atoms with Crippen molar-refractivity contribution in [2.24, 2.45) is 0 Å². The van der Waals surface area contributed by atoms with Gasteiger partial charge in [-0.15, -0.1) is 11.3 Å². The number of carboxylic acids is 1. The lowest BCUT2D eigenvalue weighted by Crippen LogP contribution is -2.51. The van der Waals surface area contributed by atoms with Crippen LogP contribution in [0.25, 0.3) is 0 Å². The van der Waals surface area contributed by atoms with E-state index in [9.17, 15) is 14.7 Å². The van der Waals surface area contributed by atoms with Crippen LogP contribution >= 0.6 is 22.9 Å². The van der Waals surface area contributed by atoms with Gasteiger partial charge < -0.3 is 20.8 Å². The molecule has 8 heteroatoms. The second-order valence-electron chi connectivity index (χ2n) is 4.04. The Kier molecular flexibility index (Phi) is 5.59. The van der Waals surface area contributed by atoms with E-state index >= 15 is 0 Å². The molecule has 0 spiro atoms. The fourth-order valence-electron chi connectivity index (χ4n) is 1.40. The number of thiophene rings is 1. The SMILES string of the molecule is CC(NC(=O)NC(C(=O)O)C(C)O)c1ccc(Cl)s1. The zero-order valence-corrected chi connectivity index (χ0v) is 12.0. The van der Waals surface area contributed by atoms with Gasteiger partial charge in [-0.05, 0) is 26.0 Å². The predicted molar refractivity (Wildman–Crippen MR) is 72.5 cm³/mol. The number of carbonyl (C=O) groups excluding carboxylic acids is 1. The molecule has 1 aromatic rings. The first-order valence-corrected chi connectivity index (χ1v) is 6.74. The van der Waals surface area contributed by atoms with Gasteiger partial charge in [-0.25, -0.2) is 9.59 Å². The number of amides is 2. The molecular formula is C11H15ClN2O4S. The van der Waals surface area contributed by atoms with Crippen molar-refractivity contribution in [3.8, 4) is 0 Å². The molecule has 0 aliphatic rings. The summed E-state index contributed by atoms with van der Waals surface area (Å²) >= 11 is 7.11. The average molecular weight is 307 g/mol. The van der Waals surface area contributed by atoms with Gasteiger partial charge in [0.1, 0.15) is 0 Å². The topological polar surface area (TPSA) is 98.7 Å². The number of carbonyl (C=O) groups is 2. The Hall–Kier alpha value is -1.31. The second kappa shape index (κ2) is 6.74. The molecule has 19 heavy (non-hydrogen) atoms. The molecule has 1 rings (SSSR count). The standard InChI is InChI=1S/C11H15ClN2O4S/c1-5(7-3-4-8(12)19-7)13-11(18)14-9(6(2)15)10(16)17/h3-6,9,15H,1-2H3,(H,16,17)(H2,13,14,18). The van der Waals surface area contributed by atoms with E-state index in [1.807, 2.05) is 0 Å². The Morgan fingerprint density at radius 1 is 1.32 bits per heavy atom. The van der Waals surface area contributed by atoms with E-state index in [-0.39, 0.29) is 6.04 Å². The molecule has 6 nitrogen and oxygen atoms in total. The third kappa shape index (κ3) is 4.70. The van der Waals surface area contributed by atoms with Gasteiger partial charge in [0.15, 0.2) is 6.04 Å². The molecule has 3 atom stereocenters. The van der Waals surface area contributed by atoms with E-state index in [1.54, 1.807) is 19.1 Å². The van der Waals surface area contributed by atoms with Crippen LogP contribution in [0.4, 0.5) is 4.79 Å². The average Bonchev–Trinajstić information content (AvgIpc) is 2.72. The van der Waals surface area contributed by atoms with Crippen molar-refractivity contribution in [1.82, 2.24) is 10.6 Å². The fourth-order valence-corrected chi connectivity index (χ4v) is 2.46. The number of halogens is 1. The molecular weight excluding hydrogens is 292 g/mol. The number of aliphatic hydroxyl groups is 1. The summed E-state index contributed by atoms with van der Waals surface area (Å²) in [5, 5.41) is 22.8. The first-order chi connectivity index (χ1) is 8.81. The van der Waals surface area contributed by atoms with Crippen LogP contribution in [-0.2, 0) is 4.79 Å². The summed E-state index contributed by atoms with van der Waals surface area (Å²) in [4.78, 5) is 23.3. The molecule has 0 aliphatic heterocycles. The molecule has 0 radical (unpaired) electrons. The first kappa shape index (κ1) is 15.7. The van der Waals surface area contributed by atoms with Crippen LogP contribution in [0, 0.1) is 0 Å². The van der Waals surface area contributed by atoms with E-state index in [0.717, 1.165) is 4.88 Å². The Balaban J connectivity index is 2.57. The number of rotatable bonds is 5. The molecule has 3 unspecified atom stereocenters. The zero-order valence-electron chi connectivity index (χ0n) is 10.4. The van der Waals surface area contributed by atoms with Crippen LogP contribution in [0.5, 0.6) is 0 Å². The third-order valence-corrected chi connectivity index (χ3v) is 3.82. The van der Waals surface area contributed by atoms with Crippen molar-refractivity contribution in [2.75, 3.05) is 0 Å². The number of aliphatic carboxylic acids is 1. The van der Waals surface area contributed by atoms with Crippen LogP contribution < -0.4 is 10.6 Å². The molecule has 0 aromatic carbocycles. The largest absolute Gasteiger partial charge is 0.480 e. The van der Waals surface area contributed by atoms with Crippen molar-refractivity contribution in [2.45, 2.75) is 32.0 Å². The summed E-state index contributed by atoms with van der Waals surface area (Å²) in [6.45, 7) is 3.04. The van der Waals surface area contributed by atoms with Gasteiger partial charge >= 0.3 is 12.0 Å². The van der Waals surface area contributed by atoms with Gasteiger partial charge in [0.25, 0.3) is 0 Å². The Labute approximate surface area is 119 Å². The van der Waals surface area contributed by atoms with Crippen molar-refractivity contribution in [3.63, 3.8) is 0 Å². The highest BCUT2D eigenvalue weighted by Crippen LogP contribution is 2.26. The van der Waals surface area contributed by atoms with Crippen molar-refractivity contribution in [1.29, 1.82) is 0 Å². The zero-order chi connectivity index (χ0) is 14.6. The van der Waals surface area contributed by atoms with E-state index in [1.165, 1.54) is 18.3 Å². The number of hydrogen-bond donors (Lipinski definition) is 4. The van der Waals surface area contributed by atoms with Crippen molar-refractivity contribution >= 4 is 34.9 Å². The van der Waals surface area contributed by atoms with Gasteiger partial charge in [0.05, 0.1) is 16.5 Å². The molecule has 0 saturated carbocycles. The predicted octanol–water partition coefficient (Wildman–Crippen LogP) is 1.60. The maximum atomic E-state index is 11.6. The van der Waals surface area contributed by atoms with Gasteiger partial charge in [0.2, 0.25) is 0 Å². The lowest BCUT2D eigenvalue weighted by atomic mass is 10.2. The van der Waals surface area contributed by atoms with Crippen molar-refractivity contribution < 1.29 is 19.8 Å². The lowest BCUT2D eigenvalue weighted by molar-refractivity contribution is -0.141. The normalized spacial score (nSPS) is 15.4. The monoisotopic (exact) mass is 306 g/mol. The summed E-state index contributed by atoms with van der Waals surface area (Å²) in [6, 6.07) is 1.18. The minimum atomic E-state index is -1.35. The quantitative estimate of drug-likeness (QED) is 0.664. The Bertz CT molecular complexity index is 463. The van der Waals surface area contributed by atoms with Crippen LogP contribution in [0.1, 0.15) is 24.8 Å². The fraction of sp³-hybridized carbons (Fsp3) is 0.455. The highest BCUT2D eigenvalue weighted by atomic mass is 35.5. The van der Waals surface area contributed by atoms with E-state index in [2.05, 4.69) is 10.6 Å². The van der Waals surface area contributed by atoms with E-state index in [4.69, 9.17) is 16.7 Å². The van der Waals surface area contributed by atoms with Crippen molar-refractivity contribution in [3.05, 3.63) is 21.3 Å². The Morgan fingerprint density at radius 2 is 1.95 bits per heavy atom. The molecule has 4 N–H and O–H groups in total. The van der Waals surface area contributed by atoms with Crippen LogP contribution in [0.3, 0.4) is 0 Å². The summed E-state index contributed by atoms with van der Waals surface area (Å²) in [7, 11) is 0. The number of carboxylic acid groups (broad SMARTS) is 1. The number of urea groups is 1. The summed E-state index contributed by atoms with van der Waals surface area (Å²) in [6.07, 6.45) is -1.19. The minimum absolute atomic E-state index is 0.305. The van der Waals surface area contributed by atoms with Crippen LogP contribution in [0.2, 0.25) is 4.34 Å². The summed E-state index contributed by atoms with van der Waals surface area (Å²) in [5.74, 6) is -1.29. The number of aliphatic hydroxyl groups excluding tert-OH is 1. The van der Waals surface area contributed by atoms with Gasteiger partial charge in [-0.2, -0.15) is 0 Å². The molecule has 0 bridgehead atoms. The maximum Gasteiger partial charge on any atom is 0.328 e. The maximum absolute atomic E-state index is 11.6. The third-order valence-electron chi connectivity index (χ3n) is 2.40. The molecule has 106 valence electrons. The van der Waals surface area contributed by atoms with E-state index < -0.39 is 24.1 Å². The number of nitrogens with one attached hydrogen (secondary N) is 2. The molecule has 1 aromatic heterocycles. The molecule has 2 amide bonds. The lowest BCUT2D eigenvalue weighted by Gasteiger charge is -2.19. The minimum Gasteiger partial charge on any atom is -0.480 e. The van der Waals surface area contributed by atoms with Gasteiger partial charge in [-0.3, -0.25) is 0 Å². The second-order valence-corrected chi connectivity index (χ2v) is 5.78. The highest BCUT2D eigenvalue weighted by Gasteiger charge is 2.25. The summed E-state index contributed by atoms with van der Waals surface area (Å²) in [5.41, 5.74) is 0. The first-order valence-electron chi connectivity index (χ1n) is 5.54. The van der Waals surface area contributed by atoms with E-state index in [0.29, 0.717) is 4.34 Å². The highest BCUT2D eigenvalue weighted by molar-refractivity contribution is 7.16. The van der Waals surface area contributed by atoms with Gasteiger partial charge in [0, 0.05) is 4.88 Å². The molecule has 0 saturated heterocycles. The summed E-state index contributed by atoms with van der Waals surface area (Å²) < 4.78 is 0.608. The Morgan fingerprint density at radius 3 is 2.37 bits per heavy atom.